The van der Waals surface area contributed by atoms with Gasteiger partial charge in [0.05, 0.1) is 0 Å². The molecule has 0 amide bonds. The molecule has 0 heterocycles. The maximum Gasteiger partial charge on any atom is 0.166 e. The van der Waals surface area contributed by atoms with Crippen molar-refractivity contribution in [2.24, 2.45) is 0 Å². The summed E-state index contributed by atoms with van der Waals surface area (Å²) in [6, 6.07) is 3.74. The summed E-state index contributed by atoms with van der Waals surface area (Å²) in [5.41, 5.74) is 1.00. The first-order valence-corrected chi connectivity index (χ1v) is 5.57. The predicted molar refractivity (Wildman–Crippen MR) is 67.6 cm³/mol. The normalized spacial score (nSPS) is 10.9. The van der Waals surface area contributed by atoms with Gasteiger partial charge >= 0.3 is 0 Å². The third-order valence-corrected chi connectivity index (χ3v) is 2.92. The monoisotopic (exact) mass is 246 g/mol. The summed E-state index contributed by atoms with van der Waals surface area (Å²) in [5.74, 6) is 0.316. The Hall–Kier alpha value is -2.08. The molecule has 0 bridgehead atoms. The van der Waals surface area contributed by atoms with Gasteiger partial charge in [-0.1, -0.05) is 19.8 Å². The maximum atomic E-state index is 13.8. The lowest BCUT2D eigenvalue weighted by atomic mass is 9.92. The van der Waals surface area contributed by atoms with Gasteiger partial charge in [0.1, 0.15) is 5.75 Å². The van der Waals surface area contributed by atoms with Crippen LogP contribution in [0.15, 0.2) is 18.2 Å². The minimum absolute atomic E-state index is 0.0200. The average molecular weight is 246 g/mol. The number of hydrogen-bond donors (Lipinski definition) is 1. The van der Waals surface area contributed by atoms with E-state index < -0.39 is 11.6 Å². The second-order valence-corrected chi connectivity index (χ2v) is 4.48. The number of phenolic OH excluding ortho intramolecular Hbond substituents is 1. The van der Waals surface area contributed by atoms with Gasteiger partial charge in [-0.25, -0.2) is 8.78 Å². The standard InChI is InChI=1S/C15H12F2O/c1-4-9-5-13(16)15(17)12-7-10(18)6-11(8(2)3)14(9)12/h1,5-8,18H,2-3H3. The molecule has 0 aliphatic heterocycles. The summed E-state index contributed by atoms with van der Waals surface area (Å²) in [6.45, 7) is 3.80. The third kappa shape index (κ3) is 1.80. The highest BCUT2D eigenvalue weighted by molar-refractivity contribution is 5.93. The first-order chi connectivity index (χ1) is 8.45. The highest BCUT2D eigenvalue weighted by Crippen LogP contribution is 2.34. The number of fused-ring (bicyclic) bond motifs is 1. The second kappa shape index (κ2) is 4.30. The van der Waals surface area contributed by atoms with E-state index in [9.17, 15) is 13.9 Å². The fourth-order valence-electron chi connectivity index (χ4n) is 2.08. The number of halogens is 2. The van der Waals surface area contributed by atoms with Crippen molar-refractivity contribution in [2.75, 3.05) is 0 Å². The van der Waals surface area contributed by atoms with E-state index in [-0.39, 0.29) is 17.1 Å². The SMILES string of the molecule is C#Cc1cc(F)c(F)c2cc(O)cc(C(C)C)c12. The van der Waals surface area contributed by atoms with E-state index in [0.717, 1.165) is 6.07 Å². The number of rotatable bonds is 1. The van der Waals surface area contributed by atoms with Crippen LogP contribution in [0.1, 0.15) is 30.9 Å². The molecule has 0 saturated heterocycles. The molecule has 0 spiro atoms. The van der Waals surface area contributed by atoms with E-state index in [2.05, 4.69) is 5.92 Å². The third-order valence-electron chi connectivity index (χ3n) is 2.92. The van der Waals surface area contributed by atoms with Crippen LogP contribution in [0.3, 0.4) is 0 Å². The quantitative estimate of drug-likeness (QED) is 0.756. The van der Waals surface area contributed by atoms with Gasteiger partial charge in [-0.2, -0.15) is 0 Å². The highest BCUT2D eigenvalue weighted by Gasteiger charge is 2.17. The van der Waals surface area contributed by atoms with Crippen LogP contribution in [0.25, 0.3) is 10.8 Å². The van der Waals surface area contributed by atoms with Crippen LogP contribution in [-0.4, -0.2) is 5.11 Å². The molecule has 0 aliphatic rings. The maximum absolute atomic E-state index is 13.8. The van der Waals surface area contributed by atoms with Gasteiger partial charge in [-0.15, -0.1) is 6.42 Å². The van der Waals surface area contributed by atoms with Gasteiger partial charge < -0.3 is 5.11 Å². The van der Waals surface area contributed by atoms with Crippen molar-refractivity contribution in [1.29, 1.82) is 0 Å². The Labute approximate surface area is 104 Å². The lowest BCUT2D eigenvalue weighted by molar-refractivity contribution is 0.474. The molecule has 1 N–H and O–H groups in total. The van der Waals surface area contributed by atoms with E-state index in [4.69, 9.17) is 6.42 Å². The minimum Gasteiger partial charge on any atom is -0.508 e. The zero-order chi connectivity index (χ0) is 13.4. The zero-order valence-corrected chi connectivity index (χ0v) is 10.1. The number of phenols is 1. The number of hydrogen-bond acceptors (Lipinski definition) is 1. The summed E-state index contributed by atoms with van der Waals surface area (Å²) in [6.07, 6.45) is 5.34. The van der Waals surface area contributed by atoms with E-state index >= 15 is 0 Å². The molecule has 3 heteroatoms. The molecule has 0 atom stereocenters. The van der Waals surface area contributed by atoms with Gasteiger partial charge in [0.15, 0.2) is 11.6 Å². The van der Waals surface area contributed by atoms with E-state index in [1.807, 2.05) is 13.8 Å². The fourth-order valence-corrected chi connectivity index (χ4v) is 2.08. The molecule has 2 aromatic carbocycles. The number of benzene rings is 2. The number of aromatic hydroxyl groups is 1. The largest absolute Gasteiger partial charge is 0.508 e. The van der Waals surface area contributed by atoms with Crippen LogP contribution in [0.2, 0.25) is 0 Å². The molecular weight excluding hydrogens is 234 g/mol. The van der Waals surface area contributed by atoms with Crippen molar-refractivity contribution in [3.8, 4) is 18.1 Å². The molecule has 0 fully saturated rings. The first-order valence-electron chi connectivity index (χ1n) is 5.57. The van der Waals surface area contributed by atoms with Crippen molar-refractivity contribution in [3.05, 3.63) is 41.0 Å². The molecule has 2 rings (SSSR count). The summed E-state index contributed by atoms with van der Waals surface area (Å²) in [5, 5.41) is 10.1. The van der Waals surface area contributed by atoms with Crippen LogP contribution >= 0.6 is 0 Å². The molecule has 0 aromatic heterocycles. The summed E-state index contributed by atoms with van der Waals surface area (Å²) >= 11 is 0. The van der Waals surface area contributed by atoms with Gasteiger partial charge in [-0.05, 0) is 29.7 Å². The van der Waals surface area contributed by atoms with Crippen molar-refractivity contribution >= 4 is 10.8 Å². The Morgan fingerprint density at radius 1 is 1.22 bits per heavy atom. The van der Waals surface area contributed by atoms with Crippen LogP contribution in [-0.2, 0) is 0 Å². The Balaban J connectivity index is 3.04. The van der Waals surface area contributed by atoms with Crippen molar-refractivity contribution in [1.82, 2.24) is 0 Å². The lowest BCUT2D eigenvalue weighted by Crippen LogP contribution is -1.97. The Morgan fingerprint density at radius 3 is 2.44 bits per heavy atom. The number of terminal acetylenes is 1. The predicted octanol–water partition coefficient (Wildman–Crippen LogP) is 3.93. The van der Waals surface area contributed by atoms with Crippen LogP contribution < -0.4 is 0 Å². The Kier molecular flexibility index (Phi) is 2.96. The first kappa shape index (κ1) is 12.4. The van der Waals surface area contributed by atoms with E-state index in [0.29, 0.717) is 16.5 Å². The summed E-state index contributed by atoms with van der Waals surface area (Å²) in [7, 11) is 0. The topological polar surface area (TPSA) is 20.2 Å². The summed E-state index contributed by atoms with van der Waals surface area (Å²) < 4.78 is 27.2. The van der Waals surface area contributed by atoms with Crippen LogP contribution in [0, 0.1) is 24.0 Å². The molecule has 0 unspecified atom stereocenters. The molecular formula is C15H12F2O. The molecule has 0 aliphatic carbocycles. The van der Waals surface area contributed by atoms with E-state index in [1.54, 1.807) is 0 Å². The second-order valence-electron chi connectivity index (χ2n) is 4.48. The van der Waals surface area contributed by atoms with Crippen molar-refractivity contribution in [3.63, 3.8) is 0 Å². The van der Waals surface area contributed by atoms with Crippen molar-refractivity contribution < 1.29 is 13.9 Å². The van der Waals surface area contributed by atoms with Gasteiger partial charge in [0.2, 0.25) is 0 Å². The highest BCUT2D eigenvalue weighted by atomic mass is 19.2. The smallest absolute Gasteiger partial charge is 0.166 e. The van der Waals surface area contributed by atoms with Crippen LogP contribution in [0.4, 0.5) is 8.78 Å². The Bertz CT molecular complexity index is 666. The molecule has 2 aromatic rings. The van der Waals surface area contributed by atoms with Gasteiger partial charge in [-0.3, -0.25) is 0 Å². The molecule has 18 heavy (non-hydrogen) atoms. The average Bonchev–Trinajstić information content (AvgIpc) is 2.32. The lowest BCUT2D eigenvalue weighted by Gasteiger charge is -2.13. The van der Waals surface area contributed by atoms with Crippen molar-refractivity contribution in [2.45, 2.75) is 19.8 Å². The molecule has 0 saturated carbocycles. The summed E-state index contributed by atoms with van der Waals surface area (Å²) in [4.78, 5) is 0. The molecule has 1 nitrogen and oxygen atoms in total. The van der Waals surface area contributed by atoms with Crippen LogP contribution in [0.5, 0.6) is 5.75 Å². The molecule has 92 valence electrons. The van der Waals surface area contributed by atoms with Gasteiger partial charge in [0.25, 0.3) is 0 Å². The minimum atomic E-state index is -1.00. The Morgan fingerprint density at radius 2 is 1.89 bits per heavy atom. The fraction of sp³-hybridized carbons (Fsp3) is 0.200. The van der Waals surface area contributed by atoms with E-state index in [1.165, 1.54) is 12.1 Å². The van der Waals surface area contributed by atoms with Gasteiger partial charge in [0, 0.05) is 16.3 Å². The molecule has 0 radical (unpaired) electrons. The zero-order valence-electron chi connectivity index (χ0n) is 10.1.